The summed E-state index contributed by atoms with van der Waals surface area (Å²) in [6.45, 7) is 1.50. The topological polar surface area (TPSA) is 79.2 Å². The zero-order valence-electron chi connectivity index (χ0n) is 14.1. The van der Waals surface area contributed by atoms with Gasteiger partial charge in [0.1, 0.15) is 0 Å². The van der Waals surface area contributed by atoms with Gasteiger partial charge in [-0.3, -0.25) is 4.79 Å². The SMILES string of the molecule is C[C@@H](OC(=O)c1cccc(C#N)c1)C(=O)Nc1ccc2ccccc2c1. The van der Waals surface area contributed by atoms with E-state index in [2.05, 4.69) is 5.32 Å². The lowest BCUT2D eigenvalue weighted by Gasteiger charge is -2.14. The Morgan fingerprint density at radius 2 is 1.77 bits per heavy atom. The molecule has 128 valence electrons. The van der Waals surface area contributed by atoms with Crippen LogP contribution in [0.1, 0.15) is 22.8 Å². The molecule has 3 aromatic rings. The molecule has 1 amide bonds. The summed E-state index contributed by atoms with van der Waals surface area (Å²) in [7, 11) is 0. The first kappa shape index (κ1) is 17.2. The van der Waals surface area contributed by atoms with Crippen LogP contribution >= 0.6 is 0 Å². The van der Waals surface area contributed by atoms with Gasteiger partial charge in [0.05, 0.1) is 17.2 Å². The van der Waals surface area contributed by atoms with Crippen LogP contribution in [-0.4, -0.2) is 18.0 Å². The average molecular weight is 344 g/mol. The first-order valence-electron chi connectivity index (χ1n) is 8.07. The number of nitriles is 1. The third kappa shape index (κ3) is 3.87. The zero-order chi connectivity index (χ0) is 18.5. The van der Waals surface area contributed by atoms with Gasteiger partial charge in [0.15, 0.2) is 6.10 Å². The van der Waals surface area contributed by atoms with Gasteiger partial charge >= 0.3 is 5.97 Å². The minimum atomic E-state index is -0.972. The Morgan fingerprint density at radius 3 is 2.54 bits per heavy atom. The van der Waals surface area contributed by atoms with Crippen LogP contribution in [0.4, 0.5) is 5.69 Å². The summed E-state index contributed by atoms with van der Waals surface area (Å²) in [4.78, 5) is 24.4. The average Bonchev–Trinajstić information content (AvgIpc) is 2.67. The number of nitrogens with zero attached hydrogens (tertiary/aromatic N) is 1. The van der Waals surface area contributed by atoms with Crippen LogP contribution in [0.25, 0.3) is 10.8 Å². The van der Waals surface area contributed by atoms with E-state index in [1.807, 2.05) is 42.5 Å². The first-order chi connectivity index (χ1) is 12.6. The molecule has 0 spiro atoms. The van der Waals surface area contributed by atoms with Crippen LogP contribution in [0.15, 0.2) is 66.7 Å². The number of rotatable bonds is 4. The fraction of sp³-hybridized carbons (Fsp3) is 0.0952. The number of ether oxygens (including phenoxy) is 1. The van der Waals surface area contributed by atoms with Crippen molar-refractivity contribution < 1.29 is 14.3 Å². The number of carbonyl (C=O) groups excluding carboxylic acids is 2. The predicted molar refractivity (Wildman–Crippen MR) is 98.6 cm³/mol. The third-order valence-corrected chi connectivity index (χ3v) is 3.90. The molecule has 1 atom stereocenters. The van der Waals surface area contributed by atoms with Crippen molar-refractivity contribution in [3.63, 3.8) is 0 Å². The molecule has 0 aliphatic rings. The lowest BCUT2D eigenvalue weighted by Crippen LogP contribution is -2.30. The largest absolute Gasteiger partial charge is 0.449 e. The molecule has 0 unspecified atom stereocenters. The van der Waals surface area contributed by atoms with Crippen molar-refractivity contribution in [2.45, 2.75) is 13.0 Å². The summed E-state index contributed by atoms with van der Waals surface area (Å²) in [5.74, 6) is -1.08. The van der Waals surface area contributed by atoms with Crippen molar-refractivity contribution in [2.75, 3.05) is 5.32 Å². The predicted octanol–water partition coefficient (Wildman–Crippen LogP) is 3.90. The quantitative estimate of drug-likeness (QED) is 0.728. The van der Waals surface area contributed by atoms with Gasteiger partial charge in [0.25, 0.3) is 5.91 Å². The second-order valence-corrected chi connectivity index (χ2v) is 5.79. The number of hydrogen-bond acceptors (Lipinski definition) is 4. The highest BCUT2D eigenvalue weighted by Gasteiger charge is 2.19. The monoisotopic (exact) mass is 344 g/mol. The summed E-state index contributed by atoms with van der Waals surface area (Å²) >= 11 is 0. The first-order valence-corrected chi connectivity index (χ1v) is 8.07. The Balaban J connectivity index is 1.66. The number of amides is 1. The number of esters is 1. The normalized spacial score (nSPS) is 11.4. The van der Waals surface area contributed by atoms with E-state index in [1.54, 1.807) is 18.2 Å². The Morgan fingerprint density at radius 1 is 1.00 bits per heavy atom. The molecule has 0 saturated heterocycles. The Kier molecular flexibility index (Phi) is 4.95. The minimum absolute atomic E-state index is 0.231. The fourth-order valence-electron chi connectivity index (χ4n) is 2.51. The van der Waals surface area contributed by atoms with Crippen molar-refractivity contribution in [3.05, 3.63) is 77.9 Å². The van der Waals surface area contributed by atoms with Crippen LogP contribution in [-0.2, 0) is 9.53 Å². The van der Waals surface area contributed by atoms with E-state index in [1.165, 1.54) is 19.1 Å². The molecule has 5 nitrogen and oxygen atoms in total. The lowest BCUT2D eigenvalue weighted by atomic mass is 10.1. The molecule has 0 bridgehead atoms. The maximum atomic E-state index is 12.3. The van der Waals surface area contributed by atoms with Crippen molar-refractivity contribution in [1.29, 1.82) is 5.26 Å². The Hall–Kier alpha value is -3.65. The van der Waals surface area contributed by atoms with E-state index >= 15 is 0 Å². The maximum Gasteiger partial charge on any atom is 0.338 e. The maximum absolute atomic E-state index is 12.3. The third-order valence-electron chi connectivity index (χ3n) is 3.90. The molecule has 0 radical (unpaired) electrons. The van der Waals surface area contributed by atoms with Crippen molar-refractivity contribution in [1.82, 2.24) is 0 Å². The molecule has 1 N–H and O–H groups in total. The van der Waals surface area contributed by atoms with E-state index in [9.17, 15) is 9.59 Å². The summed E-state index contributed by atoms with van der Waals surface area (Å²) < 4.78 is 5.20. The van der Waals surface area contributed by atoms with Gasteiger partial charge in [-0.1, -0.05) is 36.4 Å². The van der Waals surface area contributed by atoms with E-state index in [4.69, 9.17) is 10.00 Å². The zero-order valence-corrected chi connectivity index (χ0v) is 14.1. The number of anilines is 1. The number of fused-ring (bicyclic) bond motifs is 1. The second-order valence-electron chi connectivity index (χ2n) is 5.79. The Bertz CT molecular complexity index is 1020. The molecule has 0 aliphatic heterocycles. The van der Waals surface area contributed by atoms with Gasteiger partial charge in [0.2, 0.25) is 0 Å². The summed E-state index contributed by atoms with van der Waals surface area (Å²) in [5, 5.41) is 13.7. The molecular formula is C21H16N2O3. The highest BCUT2D eigenvalue weighted by atomic mass is 16.5. The van der Waals surface area contributed by atoms with Crippen LogP contribution in [0, 0.1) is 11.3 Å². The van der Waals surface area contributed by atoms with E-state index in [-0.39, 0.29) is 5.56 Å². The van der Waals surface area contributed by atoms with E-state index in [0.717, 1.165) is 10.8 Å². The van der Waals surface area contributed by atoms with Gasteiger partial charge in [-0.15, -0.1) is 0 Å². The van der Waals surface area contributed by atoms with Crippen LogP contribution in [0.3, 0.4) is 0 Å². The van der Waals surface area contributed by atoms with Crippen molar-refractivity contribution >= 4 is 28.3 Å². The number of benzene rings is 3. The Labute approximate surface area is 150 Å². The number of hydrogen-bond donors (Lipinski definition) is 1. The highest BCUT2D eigenvalue weighted by Crippen LogP contribution is 2.19. The second kappa shape index (κ2) is 7.49. The molecule has 0 aromatic heterocycles. The number of carbonyl (C=O) groups is 2. The standard InChI is InChI=1S/C21H16N2O3/c1-14(26-21(25)18-8-4-5-15(11-18)13-22)20(24)23-19-10-9-16-6-2-3-7-17(16)12-19/h2-12,14H,1H3,(H,23,24)/t14-/m1/s1. The fourth-order valence-corrected chi connectivity index (χ4v) is 2.51. The molecule has 26 heavy (non-hydrogen) atoms. The summed E-state index contributed by atoms with van der Waals surface area (Å²) in [6.07, 6.45) is -0.972. The van der Waals surface area contributed by atoms with Crippen LogP contribution < -0.4 is 5.32 Å². The van der Waals surface area contributed by atoms with E-state index in [0.29, 0.717) is 11.3 Å². The molecule has 3 aromatic carbocycles. The van der Waals surface area contributed by atoms with Gasteiger partial charge in [-0.05, 0) is 48.0 Å². The molecule has 0 fully saturated rings. The van der Waals surface area contributed by atoms with Gasteiger partial charge < -0.3 is 10.1 Å². The smallest absolute Gasteiger partial charge is 0.338 e. The lowest BCUT2D eigenvalue weighted by molar-refractivity contribution is -0.123. The van der Waals surface area contributed by atoms with Gasteiger partial charge in [-0.2, -0.15) is 5.26 Å². The van der Waals surface area contributed by atoms with Gasteiger partial charge in [0, 0.05) is 5.69 Å². The van der Waals surface area contributed by atoms with Crippen molar-refractivity contribution in [2.24, 2.45) is 0 Å². The molecule has 3 rings (SSSR count). The molecular weight excluding hydrogens is 328 g/mol. The van der Waals surface area contributed by atoms with Crippen LogP contribution in [0.2, 0.25) is 0 Å². The molecule has 0 heterocycles. The molecule has 0 aliphatic carbocycles. The molecule has 0 saturated carbocycles. The van der Waals surface area contributed by atoms with E-state index < -0.39 is 18.0 Å². The number of nitrogens with one attached hydrogen (secondary N) is 1. The minimum Gasteiger partial charge on any atom is -0.449 e. The van der Waals surface area contributed by atoms with Crippen LogP contribution in [0.5, 0.6) is 0 Å². The summed E-state index contributed by atoms with van der Waals surface area (Å²) in [6, 6.07) is 21.5. The van der Waals surface area contributed by atoms with Crippen molar-refractivity contribution in [3.8, 4) is 6.07 Å². The summed E-state index contributed by atoms with van der Waals surface area (Å²) in [5.41, 5.74) is 1.21. The highest BCUT2D eigenvalue weighted by molar-refractivity contribution is 5.99. The molecule has 5 heteroatoms. The van der Waals surface area contributed by atoms with Gasteiger partial charge in [-0.25, -0.2) is 4.79 Å².